The highest BCUT2D eigenvalue weighted by molar-refractivity contribution is 6.77. The molecule has 0 spiro atoms. The highest BCUT2D eigenvalue weighted by Crippen LogP contribution is 2.12. The Hall–Kier alpha value is -1.12. The van der Waals surface area contributed by atoms with Gasteiger partial charge in [0.1, 0.15) is 6.73 Å². The molecule has 0 N–H and O–H groups in total. The minimum Gasteiger partial charge on any atom is -0.361 e. The lowest BCUT2D eigenvalue weighted by atomic mass is 10.3. The number of aromatic nitrogens is 2. The van der Waals surface area contributed by atoms with Crippen LogP contribution in [0.15, 0.2) is 12.5 Å². The molecular formula is C11H19N3OSi. The molecule has 0 aromatic carbocycles. The summed E-state index contributed by atoms with van der Waals surface area (Å²) in [7, 11) is -1.25. The van der Waals surface area contributed by atoms with E-state index < -0.39 is 8.07 Å². The lowest BCUT2D eigenvalue weighted by Gasteiger charge is -2.25. The van der Waals surface area contributed by atoms with Crippen molar-refractivity contribution in [2.24, 2.45) is 0 Å². The maximum atomic E-state index is 8.64. The Morgan fingerprint density at radius 3 is 2.81 bits per heavy atom. The Labute approximate surface area is 97.9 Å². The lowest BCUT2D eigenvalue weighted by molar-refractivity contribution is 0.0552. The summed E-state index contributed by atoms with van der Waals surface area (Å²) in [6, 6.07) is 2.12. The fraction of sp³-hybridized carbons (Fsp3) is 0.636. The first-order valence-corrected chi connectivity index (χ1v) is 9.00. The molecule has 0 saturated carbocycles. The molecule has 0 aliphatic carbocycles. The van der Waals surface area contributed by atoms with Crippen LogP contribution in [-0.4, -0.2) is 23.4 Å². The summed E-state index contributed by atoms with van der Waals surface area (Å²) >= 11 is 0. The van der Waals surface area contributed by atoms with Crippen molar-refractivity contribution < 1.29 is 4.74 Å². The number of imidazole rings is 1. The van der Waals surface area contributed by atoms with E-state index in [9.17, 15) is 0 Å². The smallest absolute Gasteiger partial charge is 0.123 e. The van der Waals surface area contributed by atoms with E-state index in [0.29, 0.717) is 18.9 Å². The zero-order valence-corrected chi connectivity index (χ0v) is 11.4. The van der Waals surface area contributed by atoms with Crippen molar-refractivity contribution in [3.8, 4) is 6.07 Å². The molecular weight excluding hydrogens is 218 g/mol. The van der Waals surface area contributed by atoms with E-state index in [1.807, 2.05) is 4.57 Å². The van der Waals surface area contributed by atoms with Gasteiger partial charge in [0.25, 0.3) is 0 Å². The van der Waals surface area contributed by atoms with Crippen LogP contribution in [-0.2, 0) is 17.9 Å². The fourth-order valence-electron chi connectivity index (χ4n) is 1.13. The summed E-state index contributed by atoms with van der Waals surface area (Å²) in [5, 5.41) is 8.64. The predicted octanol–water partition coefficient (Wildman–Crippen LogP) is 2.19. The molecule has 1 heterocycles. The highest BCUT2D eigenvalue weighted by Gasteiger charge is 2.23. The molecule has 88 valence electrons. The van der Waals surface area contributed by atoms with Gasteiger partial charge in [-0.15, -0.1) is 0 Å². The predicted molar refractivity (Wildman–Crippen MR) is 65.4 cm³/mol. The van der Waals surface area contributed by atoms with Crippen LogP contribution in [0.2, 0.25) is 19.6 Å². The van der Waals surface area contributed by atoms with Crippen molar-refractivity contribution in [3.05, 3.63) is 18.2 Å². The van der Waals surface area contributed by atoms with Crippen LogP contribution in [0.25, 0.3) is 0 Å². The second kappa shape index (κ2) is 5.28. The van der Waals surface area contributed by atoms with Crippen molar-refractivity contribution in [1.29, 1.82) is 5.26 Å². The summed E-state index contributed by atoms with van der Waals surface area (Å²) in [4.78, 5) is 4.02. The van der Waals surface area contributed by atoms with Crippen LogP contribution in [0.4, 0.5) is 0 Å². The average molecular weight is 237 g/mol. The third-order valence-corrected chi connectivity index (χ3v) is 5.35. The van der Waals surface area contributed by atoms with Crippen LogP contribution < -0.4 is 0 Å². The van der Waals surface area contributed by atoms with Crippen LogP contribution in [0.3, 0.4) is 0 Å². The number of nitrogens with zero attached hydrogens (tertiary/aromatic N) is 3. The average Bonchev–Trinajstić information content (AvgIpc) is 2.61. The van der Waals surface area contributed by atoms with Gasteiger partial charge in [0.05, 0.1) is 32.6 Å². The number of rotatable bonds is 5. The lowest BCUT2D eigenvalue weighted by Crippen LogP contribution is -2.38. The fourth-order valence-corrected chi connectivity index (χ4v) is 1.71. The molecule has 1 aromatic heterocycles. The Balaban J connectivity index is 2.55. The standard InChI is InChI=1S/C11H19N3OSi/c1-10(16(2,3)4)15-9-14-8-13-7-11(14)5-6-12/h7-8,10H,5,9H2,1-4H3. The summed E-state index contributed by atoms with van der Waals surface area (Å²) < 4.78 is 7.70. The summed E-state index contributed by atoms with van der Waals surface area (Å²) in [5.74, 6) is 0. The molecule has 0 aliphatic rings. The summed E-state index contributed by atoms with van der Waals surface area (Å²) in [6.45, 7) is 9.45. The molecule has 0 radical (unpaired) electrons. The first kappa shape index (κ1) is 12.9. The first-order valence-electron chi connectivity index (χ1n) is 5.42. The van der Waals surface area contributed by atoms with Gasteiger partial charge in [0, 0.05) is 11.9 Å². The largest absolute Gasteiger partial charge is 0.361 e. The zero-order valence-electron chi connectivity index (χ0n) is 10.4. The van der Waals surface area contributed by atoms with Gasteiger partial charge in [0.2, 0.25) is 0 Å². The SMILES string of the molecule is CC(OCn1cncc1CC#N)[Si](C)(C)C. The van der Waals surface area contributed by atoms with Crippen molar-refractivity contribution >= 4 is 8.07 Å². The number of nitriles is 1. The Bertz CT molecular complexity index is 375. The Morgan fingerprint density at radius 2 is 2.25 bits per heavy atom. The number of ether oxygens (including phenoxy) is 1. The van der Waals surface area contributed by atoms with Crippen molar-refractivity contribution in [3.63, 3.8) is 0 Å². The molecule has 1 atom stereocenters. The van der Waals surface area contributed by atoms with Crippen LogP contribution in [0.5, 0.6) is 0 Å². The molecule has 0 bridgehead atoms. The van der Waals surface area contributed by atoms with Gasteiger partial charge in [0.15, 0.2) is 0 Å². The van der Waals surface area contributed by atoms with E-state index in [1.54, 1.807) is 12.5 Å². The second-order valence-electron chi connectivity index (χ2n) is 4.99. The van der Waals surface area contributed by atoms with E-state index in [4.69, 9.17) is 10.00 Å². The molecule has 16 heavy (non-hydrogen) atoms. The van der Waals surface area contributed by atoms with Crippen molar-refractivity contribution in [2.75, 3.05) is 0 Å². The molecule has 1 aromatic rings. The van der Waals surface area contributed by atoms with Gasteiger partial charge in [-0.3, -0.25) is 0 Å². The minimum atomic E-state index is -1.25. The Morgan fingerprint density at radius 1 is 1.56 bits per heavy atom. The molecule has 5 heteroatoms. The van der Waals surface area contributed by atoms with Crippen LogP contribution >= 0.6 is 0 Å². The van der Waals surface area contributed by atoms with Gasteiger partial charge in [-0.05, 0) is 6.92 Å². The molecule has 0 saturated heterocycles. The zero-order chi connectivity index (χ0) is 12.2. The molecule has 4 nitrogen and oxygen atoms in total. The minimum absolute atomic E-state index is 0.296. The maximum Gasteiger partial charge on any atom is 0.123 e. The van der Waals surface area contributed by atoms with E-state index in [1.165, 1.54) is 0 Å². The topological polar surface area (TPSA) is 50.8 Å². The maximum absolute atomic E-state index is 8.64. The van der Waals surface area contributed by atoms with Gasteiger partial charge < -0.3 is 9.30 Å². The summed E-state index contributed by atoms with van der Waals surface area (Å²) in [5.41, 5.74) is 1.20. The molecule has 0 aliphatic heterocycles. The second-order valence-corrected chi connectivity index (χ2v) is 10.5. The van der Waals surface area contributed by atoms with Crippen molar-refractivity contribution in [2.45, 2.75) is 45.4 Å². The van der Waals surface area contributed by atoms with Gasteiger partial charge in [-0.1, -0.05) is 19.6 Å². The first-order chi connectivity index (χ1) is 7.45. The quantitative estimate of drug-likeness (QED) is 0.738. The number of hydrogen-bond donors (Lipinski definition) is 0. The summed E-state index contributed by atoms with van der Waals surface area (Å²) in [6.07, 6.45) is 3.81. The third-order valence-electron chi connectivity index (χ3n) is 2.74. The van der Waals surface area contributed by atoms with Crippen LogP contribution in [0.1, 0.15) is 12.6 Å². The van der Waals surface area contributed by atoms with Crippen LogP contribution in [0, 0.1) is 11.3 Å². The third kappa shape index (κ3) is 3.47. The number of hydrogen-bond acceptors (Lipinski definition) is 3. The van der Waals surface area contributed by atoms with E-state index in [2.05, 4.69) is 37.6 Å². The van der Waals surface area contributed by atoms with Crippen molar-refractivity contribution in [1.82, 2.24) is 9.55 Å². The monoisotopic (exact) mass is 237 g/mol. The van der Waals surface area contributed by atoms with Gasteiger partial charge >= 0.3 is 0 Å². The van der Waals surface area contributed by atoms with E-state index in [-0.39, 0.29) is 0 Å². The molecule has 0 fully saturated rings. The Kier molecular flexibility index (Phi) is 4.27. The highest BCUT2D eigenvalue weighted by atomic mass is 28.3. The normalized spacial score (nSPS) is 13.4. The van der Waals surface area contributed by atoms with E-state index in [0.717, 1.165) is 5.69 Å². The van der Waals surface area contributed by atoms with Gasteiger partial charge in [-0.2, -0.15) is 5.26 Å². The molecule has 1 rings (SSSR count). The van der Waals surface area contributed by atoms with Gasteiger partial charge in [-0.25, -0.2) is 4.98 Å². The molecule has 1 unspecified atom stereocenters. The molecule has 0 amide bonds. The van der Waals surface area contributed by atoms with E-state index >= 15 is 0 Å².